The van der Waals surface area contributed by atoms with Gasteiger partial charge in [0.25, 0.3) is 0 Å². The number of anilines is 2. The quantitative estimate of drug-likeness (QED) is 0.713. The van der Waals surface area contributed by atoms with Gasteiger partial charge in [0.2, 0.25) is 5.95 Å². The van der Waals surface area contributed by atoms with Crippen molar-refractivity contribution in [1.29, 1.82) is 0 Å². The van der Waals surface area contributed by atoms with E-state index in [9.17, 15) is 4.79 Å². The molecule has 1 fully saturated rings. The molecule has 0 saturated carbocycles. The number of nitrogens with one attached hydrogen (secondary N) is 1. The van der Waals surface area contributed by atoms with Gasteiger partial charge >= 0.3 is 5.69 Å². The Hall–Kier alpha value is -3.07. The first-order chi connectivity index (χ1) is 13.3. The van der Waals surface area contributed by atoms with E-state index in [1.54, 1.807) is 29.2 Å². The second-order valence-electron chi connectivity index (χ2n) is 6.86. The number of hydrogen-bond donors (Lipinski definition) is 1. The maximum absolute atomic E-state index is 12.6. The van der Waals surface area contributed by atoms with Crippen LogP contribution in [0, 0.1) is 0 Å². The number of nitrogens with zero attached hydrogens (tertiary/aromatic N) is 7. The first-order valence-electron chi connectivity index (χ1n) is 9.15. The van der Waals surface area contributed by atoms with Crippen LogP contribution in [0.15, 0.2) is 41.6 Å². The zero-order valence-electron chi connectivity index (χ0n) is 14.8. The molecule has 0 bridgehead atoms. The number of pyridine rings is 1. The highest BCUT2D eigenvalue weighted by atomic mass is 16.1. The fourth-order valence-corrected chi connectivity index (χ4v) is 3.88. The lowest BCUT2D eigenvalue weighted by Crippen LogP contribution is -2.49. The first-order valence-corrected chi connectivity index (χ1v) is 9.15. The molecular formula is C18H20N8O. The molecule has 1 unspecified atom stereocenters. The molecule has 0 radical (unpaired) electrons. The SMILES string of the molecule is O=c1nc2cccnc2c2n1C(CN1CCN(c3ncccn3)CC1)CN2. The molecule has 0 aliphatic carbocycles. The molecule has 1 N–H and O–H groups in total. The summed E-state index contributed by atoms with van der Waals surface area (Å²) in [5.41, 5.74) is 1.18. The van der Waals surface area contributed by atoms with Crippen molar-refractivity contribution in [2.24, 2.45) is 0 Å². The monoisotopic (exact) mass is 364 g/mol. The smallest absolute Gasteiger partial charge is 0.350 e. The summed E-state index contributed by atoms with van der Waals surface area (Å²) in [6.45, 7) is 5.11. The summed E-state index contributed by atoms with van der Waals surface area (Å²) in [6, 6.07) is 5.51. The van der Waals surface area contributed by atoms with Crippen LogP contribution in [0.2, 0.25) is 0 Å². The minimum Gasteiger partial charge on any atom is -0.367 e. The van der Waals surface area contributed by atoms with E-state index in [2.05, 4.69) is 35.1 Å². The first kappa shape index (κ1) is 16.1. The number of hydrogen-bond acceptors (Lipinski definition) is 8. The molecule has 2 aliphatic heterocycles. The Morgan fingerprint density at radius 2 is 1.81 bits per heavy atom. The Kier molecular flexibility index (Phi) is 3.93. The third-order valence-corrected chi connectivity index (χ3v) is 5.22. The van der Waals surface area contributed by atoms with Gasteiger partial charge in [-0.15, -0.1) is 0 Å². The van der Waals surface area contributed by atoms with E-state index in [-0.39, 0.29) is 11.7 Å². The summed E-state index contributed by atoms with van der Waals surface area (Å²) in [6.07, 6.45) is 5.27. The van der Waals surface area contributed by atoms with E-state index in [0.717, 1.165) is 50.0 Å². The van der Waals surface area contributed by atoms with Crippen LogP contribution in [0.4, 0.5) is 11.8 Å². The number of aromatic nitrogens is 5. The summed E-state index contributed by atoms with van der Waals surface area (Å²) in [5.74, 6) is 1.56. The highest BCUT2D eigenvalue weighted by molar-refractivity contribution is 5.85. The van der Waals surface area contributed by atoms with Crippen molar-refractivity contribution >= 4 is 22.8 Å². The van der Waals surface area contributed by atoms with E-state index >= 15 is 0 Å². The standard InChI is InChI=1S/C18H20N8O/c27-18-23-14-3-1-4-19-15(14)16-22-11-13(26(16)18)12-24-7-9-25(10-8-24)17-20-5-2-6-21-17/h1-6,13,22H,7-12H2. The zero-order valence-corrected chi connectivity index (χ0v) is 14.8. The van der Waals surface area contributed by atoms with Crippen molar-refractivity contribution in [3.63, 3.8) is 0 Å². The topological polar surface area (TPSA) is 92.1 Å². The van der Waals surface area contributed by atoms with Gasteiger partial charge in [-0.3, -0.25) is 14.5 Å². The Morgan fingerprint density at radius 3 is 2.63 bits per heavy atom. The van der Waals surface area contributed by atoms with Gasteiger partial charge in [-0.25, -0.2) is 14.8 Å². The second-order valence-corrected chi connectivity index (χ2v) is 6.86. The fraction of sp³-hybridized carbons (Fsp3) is 0.389. The molecule has 1 atom stereocenters. The van der Waals surface area contributed by atoms with Crippen molar-refractivity contribution in [3.8, 4) is 0 Å². The lowest BCUT2D eigenvalue weighted by atomic mass is 10.2. The van der Waals surface area contributed by atoms with Crippen molar-refractivity contribution < 1.29 is 0 Å². The van der Waals surface area contributed by atoms with Gasteiger partial charge in [0.15, 0.2) is 0 Å². The summed E-state index contributed by atoms with van der Waals surface area (Å²) < 4.78 is 1.77. The minimum atomic E-state index is -0.211. The summed E-state index contributed by atoms with van der Waals surface area (Å²) in [4.78, 5) is 34.4. The molecule has 5 heterocycles. The minimum absolute atomic E-state index is 0.0610. The average molecular weight is 364 g/mol. The Labute approximate surface area is 155 Å². The van der Waals surface area contributed by atoms with Crippen LogP contribution in [-0.2, 0) is 0 Å². The van der Waals surface area contributed by atoms with Gasteiger partial charge < -0.3 is 10.2 Å². The third kappa shape index (κ3) is 2.89. The van der Waals surface area contributed by atoms with Crippen molar-refractivity contribution in [2.45, 2.75) is 6.04 Å². The Bertz CT molecular complexity index is 1010. The molecule has 5 rings (SSSR count). The van der Waals surface area contributed by atoms with Crippen molar-refractivity contribution in [1.82, 2.24) is 29.4 Å². The van der Waals surface area contributed by atoms with Gasteiger partial charge in [-0.2, -0.15) is 4.98 Å². The summed E-state index contributed by atoms with van der Waals surface area (Å²) >= 11 is 0. The largest absolute Gasteiger partial charge is 0.367 e. The molecule has 2 aliphatic rings. The average Bonchev–Trinajstić information content (AvgIpc) is 3.14. The Morgan fingerprint density at radius 1 is 1.04 bits per heavy atom. The number of piperazine rings is 1. The zero-order chi connectivity index (χ0) is 18.2. The van der Waals surface area contributed by atoms with Gasteiger partial charge in [0.1, 0.15) is 11.3 Å². The van der Waals surface area contributed by atoms with E-state index in [0.29, 0.717) is 12.1 Å². The van der Waals surface area contributed by atoms with Crippen molar-refractivity contribution in [2.75, 3.05) is 49.5 Å². The molecule has 27 heavy (non-hydrogen) atoms. The van der Waals surface area contributed by atoms with Crippen LogP contribution in [-0.4, -0.2) is 68.7 Å². The molecule has 9 nitrogen and oxygen atoms in total. The lowest BCUT2D eigenvalue weighted by Gasteiger charge is -2.35. The van der Waals surface area contributed by atoms with Crippen LogP contribution < -0.4 is 15.9 Å². The summed E-state index contributed by atoms with van der Waals surface area (Å²) in [7, 11) is 0. The molecular weight excluding hydrogens is 344 g/mol. The Balaban J connectivity index is 1.32. The predicted molar refractivity (Wildman–Crippen MR) is 102 cm³/mol. The van der Waals surface area contributed by atoms with E-state index in [1.165, 1.54) is 0 Å². The van der Waals surface area contributed by atoms with Gasteiger partial charge in [-0.1, -0.05) is 0 Å². The molecule has 3 aromatic rings. The molecule has 138 valence electrons. The number of rotatable bonds is 3. The van der Waals surface area contributed by atoms with Crippen LogP contribution in [0.3, 0.4) is 0 Å². The third-order valence-electron chi connectivity index (χ3n) is 5.22. The van der Waals surface area contributed by atoms with Crippen molar-refractivity contribution in [3.05, 3.63) is 47.3 Å². The molecule has 0 spiro atoms. The second kappa shape index (κ2) is 6.58. The van der Waals surface area contributed by atoms with Gasteiger partial charge in [0, 0.05) is 57.9 Å². The molecule has 1 saturated heterocycles. The fourth-order valence-electron chi connectivity index (χ4n) is 3.88. The highest BCUT2D eigenvalue weighted by Gasteiger charge is 2.29. The molecule has 0 amide bonds. The van der Waals surface area contributed by atoms with Crippen LogP contribution >= 0.6 is 0 Å². The number of fused-ring (bicyclic) bond motifs is 3. The normalized spacial score (nSPS) is 19.9. The maximum atomic E-state index is 12.6. The lowest BCUT2D eigenvalue weighted by molar-refractivity contribution is 0.225. The van der Waals surface area contributed by atoms with E-state index in [4.69, 9.17) is 0 Å². The predicted octanol–water partition coefficient (Wildman–Crippen LogP) is 0.370. The highest BCUT2D eigenvalue weighted by Crippen LogP contribution is 2.27. The molecule has 9 heteroatoms. The van der Waals surface area contributed by atoms with Gasteiger partial charge in [0.05, 0.1) is 11.6 Å². The maximum Gasteiger partial charge on any atom is 0.350 e. The van der Waals surface area contributed by atoms with Crippen LogP contribution in [0.5, 0.6) is 0 Å². The van der Waals surface area contributed by atoms with E-state index in [1.807, 2.05) is 12.1 Å². The van der Waals surface area contributed by atoms with Gasteiger partial charge in [-0.05, 0) is 18.2 Å². The molecule has 0 aromatic carbocycles. The van der Waals surface area contributed by atoms with Crippen LogP contribution in [0.1, 0.15) is 6.04 Å². The van der Waals surface area contributed by atoms with Crippen LogP contribution in [0.25, 0.3) is 11.0 Å². The summed E-state index contributed by atoms with van der Waals surface area (Å²) in [5, 5.41) is 3.36. The molecule has 3 aromatic heterocycles. The van der Waals surface area contributed by atoms with E-state index < -0.39 is 0 Å².